The second-order valence-corrected chi connectivity index (χ2v) is 7.16. The molecule has 1 aliphatic carbocycles. The molecule has 3 N–H and O–H groups in total. The number of rotatable bonds is 7. The number of anilines is 2. The number of aryl methyl sites for hydroxylation is 1. The fourth-order valence-electron chi connectivity index (χ4n) is 3.68. The molecule has 0 bridgehead atoms. The van der Waals surface area contributed by atoms with Gasteiger partial charge in [-0.3, -0.25) is 0 Å². The smallest absolute Gasteiger partial charge is 0.224 e. The Bertz CT molecular complexity index is 518. The maximum absolute atomic E-state index is 6.12. The standard InChI is InChI=1S/C18H31N5O/c1-14-13-20-18(22-17(14)19)21-15-6-4-7-16(12-15)24-11-5-10-23-8-2-3-9-23/h13,15-16H,2-12H2,1H3,(H3,19,20,21,22)/t15-,16+/m1/s1. The van der Waals surface area contributed by atoms with Crippen LogP contribution >= 0.6 is 0 Å². The van der Waals surface area contributed by atoms with Crippen molar-refractivity contribution < 1.29 is 4.74 Å². The van der Waals surface area contributed by atoms with E-state index >= 15 is 0 Å². The molecule has 2 atom stereocenters. The van der Waals surface area contributed by atoms with Gasteiger partial charge >= 0.3 is 0 Å². The molecular formula is C18H31N5O. The average molecular weight is 333 g/mol. The largest absolute Gasteiger partial charge is 0.383 e. The first-order chi connectivity index (χ1) is 11.7. The first kappa shape index (κ1) is 17.4. The van der Waals surface area contributed by atoms with Crippen LogP contribution in [0.2, 0.25) is 0 Å². The Morgan fingerprint density at radius 1 is 1.29 bits per heavy atom. The highest BCUT2D eigenvalue weighted by Gasteiger charge is 2.23. The molecule has 1 saturated heterocycles. The van der Waals surface area contributed by atoms with E-state index in [1.807, 2.05) is 6.92 Å². The SMILES string of the molecule is Cc1cnc(N[C@@H]2CCC[C@H](OCCCN3CCCC3)C2)nc1N. The van der Waals surface area contributed by atoms with Crippen LogP contribution in [0.1, 0.15) is 50.5 Å². The van der Waals surface area contributed by atoms with E-state index < -0.39 is 0 Å². The molecule has 0 spiro atoms. The van der Waals surface area contributed by atoms with Gasteiger partial charge in [0.1, 0.15) is 5.82 Å². The molecule has 6 heteroatoms. The van der Waals surface area contributed by atoms with Gasteiger partial charge in [0.05, 0.1) is 6.10 Å². The minimum Gasteiger partial charge on any atom is -0.383 e. The number of hydrogen-bond acceptors (Lipinski definition) is 6. The number of ether oxygens (including phenoxy) is 1. The van der Waals surface area contributed by atoms with E-state index in [1.165, 1.54) is 45.3 Å². The maximum Gasteiger partial charge on any atom is 0.224 e. The van der Waals surface area contributed by atoms with E-state index in [1.54, 1.807) is 6.20 Å². The van der Waals surface area contributed by atoms with Crippen LogP contribution in [0.4, 0.5) is 11.8 Å². The predicted molar refractivity (Wildman–Crippen MR) is 97.1 cm³/mol. The molecule has 0 radical (unpaired) electrons. The van der Waals surface area contributed by atoms with Crippen molar-refractivity contribution in [1.82, 2.24) is 14.9 Å². The van der Waals surface area contributed by atoms with Gasteiger partial charge in [-0.1, -0.05) is 0 Å². The minimum atomic E-state index is 0.359. The summed E-state index contributed by atoms with van der Waals surface area (Å²) >= 11 is 0. The van der Waals surface area contributed by atoms with Gasteiger partial charge in [0.25, 0.3) is 0 Å². The van der Waals surface area contributed by atoms with Crippen molar-refractivity contribution >= 4 is 11.8 Å². The first-order valence-electron chi connectivity index (χ1n) is 9.40. The number of nitrogen functional groups attached to an aromatic ring is 1. The molecule has 0 aromatic carbocycles. The zero-order chi connectivity index (χ0) is 16.8. The summed E-state index contributed by atoms with van der Waals surface area (Å²) in [4.78, 5) is 11.2. The van der Waals surface area contributed by atoms with Crippen molar-refractivity contribution in [3.63, 3.8) is 0 Å². The summed E-state index contributed by atoms with van der Waals surface area (Å²) < 4.78 is 6.12. The zero-order valence-electron chi connectivity index (χ0n) is 14.8. The van der Waals surface area contributed by atoms with E-state index in [9.17, 15) is 0 Å². The van der Waals surface area contributed by atoms with Gasteiger partial charge in [0, 0.05) is 31.0 Å². The molecule has 0 unspecified atom stereocenters. The number of hydrogen-bond donors (Lipinski definition) is 2. The van der Waals surface area contributed by atoms with E-state index in [0.717, 1.165) is 31.4 Å². The second kappa shape index (κ2) is 8.62. The lowest BCUT2D eigenvalue weighted by atomic mass is 9.93. The van der Waals surface area contributed by atoms with Crippen molar-refractivity contribution in [3.8, 4) is 0 Å². The molecule has 1 aromatic rings. The molecule has 6 nitrogen and oxygen atoms in total. The van der Waals surface area contributed by atoms with Crippen LogP contribution in [0, 0.1) is 6.92 Å². The number of nitrogens with two attached hydrogens (primary N) is 1. The lowest BCUT2D eigenvalue weighted by Crippen LogP contribution is -2.33. The van der Waals surface area contributed by atoms with Crippen LogP contribution in [-0.2, 0) is 4.74 Å². The molecule has 1 aromatic heterocycles. The first-order valence-corrected chi connectivity index (χ1v) is 9.40. The summed E-state index contributed by atoms with van der Waals surface area (Å²) in [7, 11) is 0. The molecular weight excluding hydrogens is 302 g/mol. The quantitative estimate of drug-likeness (QED) is 0.747. The Morgan fingerprint density at radius 2 is 2.12 bits per heavy atom. The molecule has 24 heavy (non-hydrogen) atoms. The topological polar surface area (TPSA) is 76.3 Å². The summed E-state index contributed by atoms with van der Waals surface area (Å²) in [5.41, 5.74) is 6.79. The fraction of sp³-hybridized carbons (Fsp3) is 0.778. The van der Waals surface area contributed by atoms with Crippen LogP contribution in [0.15, 0.2) is 6.20 Å². The van der Waals surface area contributed by atoms with Crippen LogP contribution in [0.3, 0.4) is 0 Å². The van der Waals surface area contributed by atoms with Crippen molar-refractivity contribution in [1.29, 1.82) is 0 Å². The molecule has 2 fully saturated rings. The second-order valence-electron chi connectivity index (χ2n) is 7.16. The lowest BCUT2D eigenvalue weighted by molar-refractivity contribution is 0.0213. The number of nitrogens with one attached hydrogen (secondary N) is 1. The number of aromatic nitrogens is 2. The van der Waals surface area contributed by atoms with Gasteiger partial charge in [0.15, 0.2) is 0 Å². The third-order valence-corrected chi connectivity index (χ3v) is 5.14. The number of nitrogens with zero attached hydrogens (tertiary/aromatic N) is 3. The Balaban J connectivity index is 1.38. The molecule has 3 rings (SSSR count). The Labute approximate surface area is 145 Å². The molecule has 1 saturated carbocycles. The van der Waals surface area contributed by atoms with E-state index in [0.29, 0.717) is 23.9 Å². The molecule has 2 aliphatic rings. The Morgan fingerprint density at radius 3 is 2.92 bits per heavy atom. The minimum absolute atomic E-state index is 0.359. The third kappa shape index (κ3) is 5.05. The molecule has 1 aliphatic heterocycles. The number of likely N-dealkylation sites (tertiary alicyclic amines) is 1. The van der Waals surface area contributed by atoms with Crippen LogP contribution < -0.4 is 11.1 Å². The monoisotopic (exact) mass is 333 g/mol. The average Bonchev–Trinajstić information content (AvgIpc) is 3.09. The van der Waals surface area contributed by atoms with Gasteiger partial charge in [0.2, 0.25) is 5.95 Å². The van der Waals surface area contributed by atoms with Crippen LogP contribution in [0.25, 0.3) is 0 Å². The van der Waals surface area contributed by atoms with Gasteiger partial charge in [-0.25, -0.2) is 4.98 Å². The highest BCUT2D eigenvalue weighted by molar-refractivity contribution is 5.42. The normalized spacial score (nSPS) is 25.0. The van der Waals surface area contributed by atoms with Gasteiger partial charge in [-0.05, 0) is 65.0 Å². The van der Waals surface area contributed by atoms with Crippen molar-refractivity contribution in [2.45, 2.75) is 64.0 Å². The van der Waals surface area contributed by atoms with Gasteiger partial charge in [-0.15, -0.1) is 0 Å². The van der Waals surface area contributed by atoms with E-state index in [4.69, 9.17) is 10.5 Å². The van der Waals surface area contributed by atoms with Crippen LogP contribution in [0.5, 0.6) is 0 Å². The molecule has 134 valence electrons. The summed E-state index contributed by atoms with van der Waals surface area (Å²) in [5, 5.41) is 3.42. The summed E-state index contributed by atoms with van der Waals surface area (Å²) in [6.45, 7) is 6.53. The summed E-state index contributed by atoms with van der Waals surface area (Å²) in [6, 6.07) is 0.379. The Hall–Kier alpha value is -1.40. The van der Waals surface area contributed by atoms with E-state index in [-0.39, 0.29) is 0 Å². The lowest BCUT2D eigenvalue weighted by Gasteiger charge is -2.30. The highest BCUT2D eigenvalue weighted by Crippen LogP contribution is 2.24. The zero-order valence-corrected chi connectivity index (χ0v) is 14.8. The third-order valence-electron chi connectivity index (χ3n) is 5.14. The Kier molecular flexibility index (Phi) is 6.26. The summed E-state index contributed by atoms with van der Waals surface area (Å²) in [5.74, 6) is 1.19. The maximum atomic E-state index is 6.12. The molecule has 0 amide bonds. The van der Waals surface area contributed by atoms with Crippen molar-refractivity contribution in [2.24, 2.45) is 0 Å². The van der Waals surface area contributed by atoms with Crippen LogP contribution in [-0.4, -0.2) is 53.3 Å². The highest BCUT2D eigenvalue weighted by atomic mass is 16.5. The predicted octanol–water partition coefficient (Wildman–Crippen LogP) is 2.59. The van der Waals surface area contributed by atoms with Gasteiger partial charge < -0.3 is 20.7 Å². The molecule has 2 heterocycles. The van der Waals surface area contributed by atoms with Crippen molar-refractivity contribution in [3.05, 3.63) is 11.8 Å². The van der Waals surface area contributed by atoms with E-state index in [2.05, 4.69) is 20.2 Å². The van der Waals surface area contributed by atoms with Crippen molar-refractivity contribution in [2.75, 3.05) is 37.3 Å². The fourth-order valence-corrected chi connectivity index (χ4v) is 3.68. The van der Waals surface area contributed by atoms with Gasteiger partial charge in [-0.2, -0.15) is 4.98 Å². The summed E-state index contributed by atoms with van der Waals surface area (Å²) in [6.07, 6.45) is 10.5.